The van der Waals surface area contributed by atoms with E-state index in [1.54, 1.807) is 24.3 Å². The van der Waals surface area contributed by atoms with Gasteiger partial charge in [-0.3, -0.25) is 4.79 Å². The highest BCUT2D eigenvalue weighted by atomic mass is 16.2. The second-order valence-electron chi connectivity index (χ2n) is 5.91. The summed E-state index contributed by atoms with van der Waals surface area (Å²) in [5.41, 5.74) is 1.25. The first-order valence-electron chi connectivity index (χ1n) is 7.31. The molecule has 0 aliphatic carbocycles. The van der Waals surface area contributed by atoms with Gasteiger partial charge in [0, 0.05) is 24.3 Å². The minimum Gasteiger partial charge on any atom is -0.352 e. The monoisotopic (exact) mass is 291 g/mol. The quantitative estimate of drug-likeness (QED) is 0.754. The molecule has 3 amide bonds. The zero-order valence-corrected chi connectivity index (χ0v) is 13.2. The molecule has 0 heterocycles. The third kappa shape index (κ3) is 6.79. The minimum absolute atomic E-state index is 0.0977. The van der Waals surface area contributed by atoms with E-state index in [4.69, 9.17) is 0 Å². The summed E-state index contributed by atoms with van der Waals surface area (Å²) in [6, 6.07) is 6.61. The van der Waals surface area contributed by atoms with Crippen LogP contribution in [-0.2, 0) is 0 Å². The molecule has 1 aromatic rings. The first kappa shape index (κ1) is 17.0. The van der Waals surface area contributed by atoms with Crippen LogP contribution in [0.1, 0.15) is 38.1 Å². The fourth-order valence-electron chi connectivity index (χ4n) is 1.58. The molecule has 1 rings (SSSR count). The standard InChI is InChI=1S/C16H25N3O2/c1-11(2)9-17-15(20)13-5-7-14(8-6-13)19-16(21)18-10-12(3)4/h5-8,11-12H,9-10H2,1-4H3,(H,17,20)(H2,18,19,21). The zero-order valence-electron chi connectivity index (χ0n) is 13.2. The number of hydrogen-bond acceptors (Lipinski definition) is 2. The van der Waals surface area contributed by atoms with E-state index in [9.17, 15) is 9.59 Å². The van der Waals surface area contributed by atoms with E-state index in [0.29, 0.717) is 36.2 Å². The molecule has 5 nitrogen and oxygen atoms in total. The molecule has 5 heteroatoms. The van der Waals surface area contributed by atoms with E-state index in [2.05, 4.69) is 16.0 Å². The first-order chi connectivity index (χ1) is 9.88. The smallest absolute Gasteiger partial charge is 0.319 e. The Balaban J connectivity index is 2.50. The number of carbonyl (C=O) groups is 2. The van der Waals surface area contributed by atoms with E-state index in [1.165, 1.54) is 0 Å². The molecule has 0 fully saturated rings. The van der Waals surface area contributed by atoms with Gasteiger partial charge in [-0.05, 0) is 36.1 Å². The molecule has 21 heavy (non-hydrogen) atoms. The fourth-order valence-corrected chi connectivity index (χ4v) is 1.58. The molecule has 0 radical (unpaired) electrons. The number of hydrogen-bond donors (Lipinski definition) is 3. The maximum Gasteiger partial charge on any atom is 0.319 e. The molecule has 1 aromatic carbocycles. The number of nitrogens with one attached hydrogen (secondary N) is 3. The van der Waals surface area contributed by atoms with Gasteiger partial charge in [0.25, 0.3) is 5.91 Å². The van der Waals surface area contributed by atoms with Crippen molar-refractivity contribution in [1.29, 1.82) is 0 Å². The lowest BCUT2D eigenvalue weighted by Gasteiger charge is -2.10. The number of urea groups is 1. The van der Waals surface area contributed by atoms with E-state index in [-0.39, 0.29) is 11.9 Å². The molecule has 3 N–H and O–H groups in total. The maximum absolute atomic E-state index is 11.8. The molecule has 0 saturated heterocycles. The van der Waals surface area contributed by atoms with Crippen molar-refractivity contribution >= 4 is 17.6 Å². The highest BCUT2D eigenvalue weighted by Crippen LogP contribution is 2.09. The van der Waals surface area contributed by atoms with Crippen molar-refractivity contribution in [3.63, 3.8) is 0 Å². The summed E-state index contributed by atoms with van der Waals surface area (Å²) in [5.74, 6) is 0.724. The number of amides is 3. The molecule has 0 atom stereocenters. The molecule has 0 spiro atoms. The Morgan fingerprint density at radius 3 is 1.95 bits per heavy atom. The highest BCUT2D eigenvalue weighted by Gasteiger charge is 2.07. The largest absolute Gasteiger partial charge is 0.352 e. The van der Waals surface area contributed by atoms with Crippen LogP contribution in [0.15, 0.2) is 24.3 Å². The Kier molecular flexibility index (Phi) is 6.72. The van der Waals surface area contributed by atoms with Gasteiger partial charge in [-0.25, -0.2) is 4.79 Å². The van der Waals surface area contributed by atoms with Crippen LogP contribution in [0.3, 0.4) is 0 Å². The van der Waals surface area contributed by atoms with Gasteiger partial charge in [0.05, 0.1) is 0 Å². The summed E-state index contributed by atoms with van der Waals surface area (Å²) >= 11 is 0. The van der Waals surface area contributed by atoms with E-state index < -0.39 is 0 Å². The van der Waals surface area contributed by atoms with E-state index in [0.717, 1.165) is 0 Å². The van der Waals surface area contributed by atoms with Crippen molar-refractivity contribution in [3.05, 3.63) is 29.8 Å². The second-order valence-corrected chi connectivity index (χ2v) is 5.91. The molecule has 0 saturated carbocycles. The van der Waals surface area contributed by atoms with E-state index >= 15 is 0 Å². The first-order valence-corrected chi connectivity index (χ1v) is 7.31. The Morgan fingerprint density at radius 1 is 0.905 bits per heavy atom. The fraction of sp³-hybridized carbons (Fsp3) is 0.500. The summed E-state index contributed by atoms with van der Waals surface area (Å²) in [4.78, 5) is 23.5. The number of benzene rings is 1. The SMILES string of the molecule is CC(C)CNC(=O)Nc1ccc(C(=O)NCC(C)C)cc1. The summed E-state index contributed by atoms with van der Waals surface area (Å²) in [6.07, 6.45) is 0. The van der Waals surface area contributed by atoms with Gasteiger partial charge in [0.1, 0.15) is 0 Å². The lowest BCUT2D eigenvalue weighted by Crippen LogP contribution is -2.31. The average Bonchev–Trinajstić information content (AvgIpc) is 2.43. The minimum atomic E-state index is -0.235. The van der Waals surface area contributed by atoms with Gasteiger partial charge in [-0.1, -0.05) is 27.7 Å². The topological polar surface area (TPSA) is 70.2 Å². The van der Waals surface area contributed by atoms with Crippen LogP contribution >= 0.6 is 0 Å². The predicted molar refractivity (Wildman–Crippen MR) is 85.5 cm³/mol. The molecule has 0 aliphatic heterocycles. The van der Waals surface area contributed by atoms with Crippen molar-refractivity contribution in [3.8, 4) is 0 Å². The van der Waals surface area contributed by atoms with Gasteiger partial charge in [0.2, 0.25) is 0 Å². The third-order valence-electron chi connectivity index (χ3n) is 2.75. The second kappa shape index (κ2) is 8.29. The lowest BCUT2D eigenvalue weighted by atomic mass is 10.1. The predicted octanol–water partition coefficient (Wildman–Crippen LogP) is 2.85. The summed E-state index contributed by atoms with van der Waals surface area (Å²) in [7, 11) is 0. The Bertz CT molecular complexity index is 467. The zero-order chi connectivity index (χ0) is 15.8. The van der Waals surface area contributed by atoms with Crippen LogP contribution in [0.4, 0.5) is 10.5 Å². The van der Waals surface area contributed by atoms with Crippen LogP contribution in [0.25, 0.3) is 0 Å². The van der Waals surface area contributed by atoms with Gasteiger partial charge < -0.3 is 16.0 Å². The molecule has 0 bridgehead atoms. The average molecular weight is 291 g/mol. The molecular formula is C16H25N3O2. The highest BCUT2D eigenvalue weighted by molar-refractivity contribution is 5.95. The third-order valence-corrected chi connectivity index (χ3v) is 2.75. The van der Waals surface area contributed by atoms with Crippen LogP contribution < -0.4 is 16.0 Å². The van der Waals surface area contributed by atoms with Crippen molar-refractivity contribution in [2.75, 3.05) is 18.4 Å². The normalized spacial score (nSPS) is 10.6. The van der Waals surface area contributed by atoms with Crippen LogP contribution in [0.2, 0.25) is 0 Å². The van der Waals surface area contributed by atoms with Crippen molar-refractivity contribution in [1.82, 2.24) is 10.6 Å². The Hall–Kier alpha value is -2.04. The van der Waals surface area contributed by atoms with Gasteiger partial charge in [0.15, 0.2) is 0 Å². The van der Waals surface area contributed by atoms with Crippen molar-refractivity contribution in [2.45, 2.75) is 27.7 Å². The molecule has 116 valence electrons. The lowest BCUT2D eigenvalue weighted by molar-refractivity contribution is 0.0949. The molecular weight excluding hydrogens is 266 g/mol. The molecule has 0 unspecified atom stereocenters. The van der Waals surface area contributed by atoms with Crippen LogP contribution in [-0.4, -0.2) is 25.0 Å². The van der Waals surface area contributed by atoms with E-state index in [1.807, 2.05) is 27.7 Å². The van der Waals surface area contributed by atoms with Gasteiger partial charge in [-0.2, -0.15) is 0 Å². The van der Waals surface area contributed by atoms with Crippen molar-refractivity contribution in [2.24, 2.45) is 11.8 Å². The number of rotatable bonds is 6. The van der Waals surface area contributed by atoms with Crippen molar-refractivity contribution < 1.29 is 9.59 Å². The summed E-state index contributed by atoms with van der Waals surface area (Å²) in [6.45, 7) is 9.43. The summed E-state index contributed by atoms with van der Waals surface area (Å²) in [5, 5.41) is 8.36. The Labute approximate surface area is 126 Å². The number of carbonyl (C=O) groups excluding carboxylic acids is 2. The molecule has 0 aromatic heterocycles. The van der Waals surface area contributed by atoms with Gasteiger partial charge >= 0.3 is 6.03 Å². The maximum atomic E-state index is 11.8. The van der Waals surface area contributed by atoms with Crippen LogP contribution in [0, 0.1) is 11.8 Å². The Morgan fingerprint density at radius 2 is 1.43 bits per heavy atom. The number of anilines is 1. The van der Waals surface area contributed by atoms with Gasteiger partial charge in [-0.15, -0.1) is 0 Å². The van der Waals surface area contributed by atoms with Crippen LogP contribution in [0.5, 0.6) is 0 Å². The summed E-state index contributed by atoms with van der Waals surface area (Å²) < 4.78 is 0. The molecule has 0 aliphatic rings.